The highest BCUT2D eigenvalue weighted by atomic mass is 32.2. The first-order valence-electron chi connectivity index (χ1n) is 3.53. The van der Waals surface area contributed by atoms with Crippen LogP contribution in [0.25, 0.3) is 0 Å². The Labute approximate surface area is 71.7 Å². The van der Waals surface area contributed by atoms with Gasteiger partial charge in [0.2, 0.25) is 0 Å². The summed E-state index contributed by atoms with van der Waals surface area (Å²) in [6.45, 7) is 0.382. The van der Waals surface area contributed by atoms with Crippen LogP contribution in [-0.4, -0.2) is 31.6 Å². The van der Waals surface area contributed by atoms with Crippen molar-refractivity contribution in [1.82, 2.24) is 0 Å². The van der Waals surface area contributed by atoms with Crippen molar-refractivity contribution in [2.45, 2.75) is 6.42 Å². The van der Waals surface area contributed by atoms with E-state index in [9.17, 15) is 4.79 Å². The zero-order chi connectivity index (χ0) is 8.69. The van der Waals surface area contributed by atoms with Crippen LogP contribution in [-0.2, 0) is 9.53 Å². The summed E-state index contributed by atoms with van der Waals surface area (Å²) in [4.78, 5) is 10.9. The van der Waals surface area contributed by atoms with E-state index in [0.717, 1.165) is 12.2 Å². The quantitative estimate of drug-likeness (QED) is 0.621. The average Bonchev–Trinajstić information content (AvgIpc) is 2.05. The topological polar surface area (TPSA) is 52.3 Å². The first-order valence-corrected chi connectivity index (χ1v) is 4.92. The van der Waals surface area contributed by atoms with E-state index in [1.54, 1.807) is 11.8 Å². The summed E-state index contributed by atoms with van der Waals surface area (Å²) >= 11 is 1.71. The Morgan fingerprint density at radius 2 is 2.36 bits per heavy atom. The first-order chi connectivity index (χ1) is 5.26. The Hall–Kier alpha value is -0.220. The monoisotopic (exact) mass is 177 g/mol. The fourth-order valence-electron chi connectivity index (χ4n) is 0.759. The van der Waals surface area contributed by atoms with Crippen LogP contribution in [0.4, 0.5) is 0 Å². The molecule has 1 unspecified atom stereocenters. The van der Waals surface area contributed by atoms with Gasteiger partial charge in [0, 0.05) is 6.54 Å². The van der Waals surface area contributed by atoms with E-state index in [-0.39, 0.29) is 11.9 Å². The third-order valence-corrected chi connectivity index (χ3v) is 2.13. The third-order valence-electron chi connectivity index (χ3n) is 1.49. The molecule has 0 spiro atoms. The largest absolute Gasteiger partial charge is 0.469 e. The van der Waals surface area contributed by atoms with Crippen molar-refractivity contribution in [1.29, 1.82) is 0 Å². The number of rotatable bonds is 5. The summed E-state index contributed by atoms with van der Waals surface area (Å²) in [5.41, 5.74) is 5.38. The summed E-state index contributed by atoms with van der Waals surface area (Å²) < 4.78 is 4.57. The molecule has 0 aromatic heterocycles. The number of methoxy groups -OCH3 is 1. The summed E-state index contributed by atoms with van der Waals surface area (Å²) in [6, 6.07) is 0. The highest BCUT2D eigenvalue weighted by Crippen LogP contribution is 2.07. The number of esters is 1. The third kappa shape index (κ3) is 4.27. The lowest BCUT2D eigenvalue weighted by Crippen LogP contribution is -2.25. The van der Waals surface area contributed by atoms with Crippen LogP contribution in [0.5, 0.6) is 0 Å². The minimum Gasteiger partial charge on any atom is -0.469 e. The number of thioether (sulfide) groups is 1. The molecule has 0 aromatic carbocycles. The molecule has 2 N–H and O–H groups in total. The van der Waals surface area contributed by atoms with E-state index >= 15 is 0 Å². The summed E-state index contributed by atoms with van der Waals surface area (Å²) in [5, 5.41) is 0. The van der Waals surface area contributed by atoms with E-state index in [2.05, 4.69) is 4.74 Å². The van der Waals surface area contributed by atoms with Gasteiger partial charge in [-0.1, -0.05) is 0 Å². The first kappa shape index (κ1) is 10.8. The molecule has 0 aliphatic carbocycles. The van der Waals surface area contributed by atoms with Crippen molar-refractivity contribution in [2.24, 2.45) is 11.7 Å². The zero-order valence-corrected chi connectivity index (χ0v) is 7.82. The van der Waals surface area contributed by atoms with Gasteiger partial charge in [-0.3, -0.25) is 4.79 Å². The van der Waals surface area contributed by atoms with Gasteiger partial charge >= 0.3 is 5.97 Å². The van der Waals surface area contributed by atoms with E-state index in [0.29, 0.717) is 6.54 Å². The maximum absolute atomic E-state index is 10.9. The number of carbonyl (C=O) groups is 1. The van der Waals surface area contributed by atoms with Crippen molar-refractivity contribution in [2.75, 3.05) is 25.7 Å². The molecule has 0 heterocycles. The molecule has 0 aromatic rings. The minimum atomic E-state index is -0.193. The molecular formula is C7H15NO2S. The molecule has 1 atom stereocenters. The maximum Gasteiger partial charge on any atom is 0.309 e. The molecule has 3 nitrogen and oxygen atoms in total. The number of hydrogen-bond acceptors (Lipinski definition) is 4. The van der Waals surface area contributed by atoms with E-state index in [4.69, 9.17) is 5.73 Å². The van der Waals surface area contributed by atoms with Gasteiger partial charge in [0.1, 0.15) is 0 Å². The molecule has 0 aliphatic heterocycles. The van der Waals surface area contributed by atoms with Crippen LogP contribution in [0.15, 0.2) is 0 Å². The number of carbonyl (C=O) groups excluding carboxylic acids is 1. The van der Waals surface area contributed by atoms with Crippen molar-refractivity contribution in [3.05, 3.63) is 0 Å². The lowest BCUT2D eigenvalue weighted by molar-refractivity contribution is -0.145. The second kappa shape index (κ2) is 6.49. The highest BCUT2D eigenvalue weighted by Gasteiger charge is 2.15. The van der Waals surface area contributed by atoms with Gasteiger partial charge in [0.25, 0.3) is 0 Å². The lowest BCUT2D eigenvalue weighted by Gasteiger charge is -2.10. The Bertz CT molecular complexity index is 119. The van der Waals surface area contributed by atoms with Crippen molar-refractivity contribution in [3.63, 3.8) is 0 Å². The average molecular weight is 177 g/mol. The Balaban J connectivity index is 3.65. The maximum atomic E-state index is 10.9. The van der Waals surface area contributed by atoms with Gasteiger partial charge in [0.05, 0.1) is 13.0 Å². The number of hydrogen-bond donors (Lipinski definition) is 1. The number of nitrogens with two attached hydrogens (primary N) is 1. The molecular weight excluding hydrogens is 162 g/mol. The van der Waals surface area contributed by atoms with E-state index in [1.807, 2.05) is 6.26 Å². The molecule has 0 bridgehead atoms. The predicted molar refractivity (Wildman–Crippen MR) is 47.6 cm³/mol. The van der Waals surface area contributed by atoms with Gasteiger partial charge in [-0.25, -0.2) is 0 Å². The molecule has 0 amide bonds. The SMILES string of the molecule is COC(=O)C(CN)CCSC. The molecule has 66 valence electrons. The van der Waals surface area contributed by atoms with Gasteiger partial charge in [-0.2, -0.15) is 11.8 Å². The van der Waals surface area contributed by atoms with Gasteiger partial charge in [0.15, 0.2) is 0 Å². The van der Waals surface area contributed by atoms with Crippen molar-refractivity contribution >= 4 is 17.7 Å². The summed E-state index contributed by atoms with van der Waals surface area (Å²) in [7, 11) is 1.39. The predicted octanol–water partition coefficient (Wildman–Crippen LogP) is 0.487. The van der Waals surface area contributed by atoms with Crippen LogP contribution in [0, 0.1) is 5.92 Å². The van der Waals surface area contributed by atoms with Crippen molar-refractivity contribution in [3.8, 4) is 0 Å². The normalized spacial score (nSPS) is 12.6. The molecule has 0 saturated heterocycles. The standard InChI is InChI=1S/C7H15NO2S/c1-10-7(9)6(5-8)3-4-11-2/h6H,3-5,8H2,1-2H3. The summed E-state index contributed by atoms with van der Waals surface area (Å²) in [6.07, 6.45) is 2.81. The van der Waals surface area contributed by atoms with Crippen LogP contribution in [0.1, 0.15) is 6.42 Å². The Morgan fingerprint density at radius 3 is 2.73 bits per heavy atom. The second-order valence-electron chi connectivity index (χ2n) is 2.24. The zero-order valence-electron chi connectivity index (χ0n) is 7.00. The van der Waals surface area contributed by atoms with Crippen LogP contribution in [0.3, 0.4) is 0 Å². The van der Waals surface area contributed by atoms with Gasteiger partial charge in [-0.05, 0) is 18.4 Å². The molecule has 0 fully saturated rings. The van der Waals surface area contributed by atoms with E-state index < -0.39 is 0 Å². The van der Waals surface area contributed by atoms with Crippen LogP contribution < -0.4 is 5.73 Å². The Morgan fingerprint density at radius 1 is 1.73 bits per heavy atom. The summed E-state index contributed by atoms with van der Waals surface area (Å²) in [5.74, 6) is 0.644. The van der Waals surface area contributed by atoms with Gasteiger partial charge in [-0.15, -0.1) is 0 Å². The second-order valence-corrected chi connectivity index (χ2v) is 3.22. The Kier molecular flexibility index (Phi) is 6.36. The highest BCUT2D eigenvalue weighted by molar-refractivity contribution is 7.98. The fraction of sp³-hybridized carbons (Fsp3) is 0.857. The molecule has 11 heavy (non-hydrogen) atoms. The van der Waals surface area contributed by atoms with Crippen LogP contribution >= 0.6 is 11.8 Å². The van der Waals surface area contributed by atoms with Crippen LogP contribution in [0.2, 0.25) is 0 Å². The van der Waals surface area contributed by atoms with Gasteiger partial charge < -0.3 is 10.5 Å². The number of ether oxygens (including phenoxy) is 1. The fourth-order valence-corrected chi connectivity index (χ4v) is 1.28. The minimum absolute atomic E-state index is 0.118. The van der Waals surface area contributed by atoms with Crippen molar-refractivity contribution < 1.29 is 9.53 Å². The molecule has 0 radical (unpaired) electrons. The molecule has 4 heteroatoms. The molecule has 0 saturated carbocycles. The smallest absolute Gasteiger partial charge is 0.309 e. The molecule has 0 rings (SSSR count). The van der Waals surface area contributed by atoms with E-state index in [1.165, 1.54) is 7.11 Å². The molecule has 0 aliphatic rings. The lowest BCUT2D eigenvalue weighted by atomic mass is 10.1.